The first-order valence-corrected chi connectivity index (χ1v) is 6.60. The number of benzene rings is 1. The number of fused-ring (bicyclic) bond motifs is 1. The molecule has 0 fully saturated rings. The summed E-state index contributed by atoms with van der Waals surface area (Å²) in [5.41, 5.74) is 3.74. The summed E-state index contributed by atoms with van der Waals surface area (Å²) in [6.45, 7) is 3.48. The highest BCUT2D eigenvalue weighted by molar-refractivity contribution is 5.86. The lowest BCUT2D eigenvalue weighted by molar-refractivity contribution is -0.137. The molecule has 0 aliphatic rings. The van der Waals surface area contributed by atoms with E-state index in [-0.39, 0.29) is 6.42 Å². The monoisotopic (exact) mass is 260 g/mol. The molecule has 2 aromatic rings. The first-order valence-electron chi connectivity index (χ1n) is 6.60. The van der Waals surface area contributed by atoms with Crippen LogP contribution in [0.15, 0.2) is 24.4 Å². The number of nitrogens with one attached hydrogen (secondary N) is 1. The lowest BCUT2D eigenvalue weighted by Crippen LogP contribution is -2.21. The Morgan fingerprint density at radius 1 is 1.37 bits per heavy atom. The lowest BCUT2D eigenvalue weighted by atomic mass is 10.1. The molecule has 0 radical (unpaired) electrons. The molecule has 1 aromatic carbocycles. The SMILES string of the molecule is CCc1cccc2c(CN(C)CCC(=O)O)c[nH]c12. The zero-order valence-corrected chi connectivity index (χ0v) is 11.4. The normalized spacial score (nSPS) is 11.3. The fourth-order valence-electron chi connectivity index (χ4n) is 2.36. The van der Waals surface area contributed by atoms with E-state index in [1.807, 2.05) is 18.1 Å². The molecule has 0 aliphatic carbocycles. The molecule has 102 valence electrons. The van der Waals surface area contributed by atoms with Crippen molar-refractivity contribution in [2.75, 3.05) is 13.6 Å². The van der Waals surface area contributed by atoms with Crippen molar-refractivity contribution in [3.8, 4) is 0 Å². The Kier molecular flexibility index (Phi) is 4.22. The highest BCUT2D eigenvalue weighted by atomic mass is 16.4. The van der Waals surface area contributed by atoms with Gasteiger partial charge in [0.15, 0.2) is 0 Å². The minimum atomic E-state index is -0.751. The van der Waals surface area contributed by atoms with Gasteiger partial charge in [0.25, 0.3) is 0 Å². The predicted octanol–water partition coefficient (Wildman–Crippen LogP) is 2.64. The molecule has 2 rings (SSSR count). The van der Waals surface area contributed by atoms with Gasteiger partial charge in [0, 0.05) is 30.2 Å². The van der Waals surface area contributed by atoms with Gasteiger partial charge >= 0.3 is 5.97 Å². The number of carbonyl (C=O) groups is 1. The maximum absolute atomic E-state index is 10.6. The van der Waals surface area contributed by atoms with E-state index in [0.29, 0.717) is 6.54 Å². The van der Waals surface area contributed by atoms with Crippen LogP contribution in [0.1, 0.15) is 24.5 Å². The Labute approximate surface area is 113 Å². The fraction of sp³-hybridized carbons (Fsp3) is 0.400. The van der Waals surface area contributed by atoms with Gasteiger partial charge in [-0.25, -0.2) is 0 Å². The van der Waals surface area contributed by atoms with Crippen molar-refractivity contribution >= 4 is 16.9 Å². The first-order chi connectivity index (χ1) is 9.11. The Bertz CT molecular complexity index is 575. The van der Waals surface area contributed by atoms with E-state index in [9.17, 15) is 4.79 Å². The topological polar surface area (TPSA) is 56.3 Å². The Hall–Kier alpha value is -1.81. The number of aryl methyl sites for hydroxylation is 1. The molecule has 0 saturated carbocycles. The van der Waals surface area contributed by atoms with Crippen molar-refractivity contribution in [1.82, 2.24) is 9.88 Å². The number of hydrogen-bond acceptors (Lipinski definition) is 2. The minimum Gasteiger partial charge on any atom is -0.481 e. The van der Waals surface area contributed by atoms with Crippen LogP contribution in [0, 0.1) is 0 Å². The van der Waals surface area contributed by atoms with Crippen LogP contribution in [0.2, 0.25) is 0 Å². The van der Waals surface area contributed by atoms with E-state index in [1.54, 1.807) is 0 Å². The molecule has 0 atom stereocenters. The van der Waals surface area contributed by atoms with Crippen LogP contribution in [0.5, 0.6) is 0 Å². The maximum Gasteiger partial charge on any atom is 0.304 e. The number of rotatable bonds is 6. The van der Waals surface area contributed by atoms with Gasteiger partial charge < -0.3 is 15.0 Å². The van der Waals surface area contributed by atoms with Gasteiger partial charge in [0.05, 0.1) is 6.42 Å². The molecule has 0 spiro atoms. The van der Waals surface area contributed by atoms with Gasteiger partial charge in [0.1, 0.15) is 0 Å². The minimum absolute atomic E-state index is 0.180. The third-order valence-electron chi connectivity index (χ3n) is 3.42. The number of carboxylic acids is 1. The van der Waals surface area contributed by atoms with Crippen LogP contribution in [0.4, 0.5) is 0 Å². The Balaban J connectivity index is 2.15. The van der Waals surface area contributed by atoms with Crippen LogP contribution in [0.25, 0.3) is 10.9 Å². The molecule has 1 aromatic heterocycles. The van der Waals surface area contributed by atoms with Gasteiger partial charge in [-0.1, -0.05) is 25.1 Å². The van der Waals surface area contributed by atoms with Crippen LogP contribution in [-0.2, 0) is 17.8 Å². The van der Waals surface area contributed by atoms with E-state index in [2.05, 4.69) is 30.1 Å². The highest BCUT2D eigenvalue weighted by Crippen LogP contribution is 2.23. The second-order valence-corrected chi connectivity index (χ2v) is 4.89. The summed E-state index contributed by atoms with van der Waals surface area (Å²) in [5.74, 6) is -0.751. The largest absolute Gasteiger partial charge is 0.481 e. The van der Waals surface area contributed by atoms with Crippen LogP contribution in [0.3, 0.4) is 0 Å². The number of aliphatic carboxylic acids is 1. The highest BCUT2D eigenvalue weighted by Gasteiger charge is 2.09. The smallest absolute Gasteiger partial charge is 0.304 e. The molecule has 0 aliphatic heterocycles. The van der Waals surface area contributed by atoms with Gasteiger partial charge in [0.2, 0.25) is 0 Å². The van der Waals surface area contributed by atoms with Crippen molar-refractivity contribution in [3.63, 3.8) is 0 Å². The molecule has 0 unspecified atom stereocenters. The maximum atomic E-state index is 10.6. The predicted molar refractivity (Wildman–Crippen MR) is 76.3 cm³/mol. The fourth-order valence-corrected chi connectivity index (χ4v) is 2.36. The molecule has 0 bridgehead atoms. The van der Waals surface area contributed by atoms with E-state index in [0.717, 1.165) is 13.0 Å². The van der Waals surface area contributed by atoms with Crippen molar-refractivity contribution < 1.29 is 9.90 Å². The second-order valence-electron chi connectivity index (χ2n) is 4.89. The molecule has 0 saturated heterocycles. The summed E-state index contributed by atoms with van der Waals surface area (Å²) < 4.78 is 0. The van der Waals surface area contributed by atoms with Crippen LogP contribution >= 0.6 is 0 Å². The molecule has 4 nitrogen and oxygen atoms in total. The number of carboxylic acid groups (broad SMARTS) is 1. The zero-order valence-electron chi connectivity index (χ0n) is 11.4. The number of para-hydroxylation sites is 1. The number of aromatic nitrogens is 1. The second kappa shape index (κ2) is 5.89. The van der Waals surface area contributed by atoms with Crippen molar-refractivity contribution in [2.24, 2.45) is 0 Å². The average molecular weight is 260 g/mol. The number of H-pyrrole nitrogens is 1. The summed E-state index contributed by atoms with van der Waals surface area (Å²) in [5, 5.41) is 9.93. The molecule has 1 heterocycles. The van der Waals surface area contributed by atoms with E-state index in [1.165, 1.54) is 22.0 Å². The summed E-state index contributed by atoms with van der Waals surface area (Å²) >= 11 is 0. The van der Waals surface area contributed by atoms with E-state index in [4.69, 9.17) is 5.11 Å². The Morgan fingerprint density at radius 3 is 2.84 bits per heavy atom. The standard InChI is InChI=1S/C15H20N2O2/c1-3-11-5-4-6-13-12(9-16-15(11)13)10-17(2)8-7-14(18)19/h4-6,9,16H,3,7-8,10H2,1-2H3,(H,18,19). The third kappa shape index (κ3) is 3.15. The van der Waals surface area contributed by atoms with Gasteiger partial charge in [-0.3, -0.25) is 4.79 Å². The molecule has 4 heteroatoms. The number of hydrogen-bond donors (Lipinski definition) is 2. The molecule has 0 amide bonds. The Morgan fingerprint density at radius 2 is 2.16 bits per heavy atom. The summed E-state index contributed by atoms with van der Waals surface area (Å²) in [7, 11) is 1.95. The summed E-state index contributed by atoms with van der Waals surface area (Å²) in [4.78, 5) is 15.9. The quantitative estimate of drug-likeness (QED) is 0.839. The number of nitrogens with zero attached hydrogens (tertiary/aromatic N) is 1. The lowest BCUT2D eigenvalue weighted by Gasteiger charge is -2.14. The van der Waals surface area contributed by atoms with E-state index < -0.39 is 5.97 Å². The molecule has 19 heavy (non-hydrogen) atoms. The van der Waals surface area contributed by atoms with Gasteiger partial charge in [-0.05, 0) is 24.6 Å². The van der Waals surface area contributed by atoms with Crippen molar-refractivity contribution in [2.45, 2.75) is 26.3 Å². The third-order valence-corrected chi connectivity index (χ3v) is 3.42. The summed E-state index contributed by atoms with van der Waals surface area (Å²) in [6.07, 6.45) is 3.21. The molecular weight excluding hydrogens is 240 g/mol. The molecule has 2 N–H and O–H groups in total. The van der Waals surface area contributed by atoms with Crippen molar-refractivity contribution in [1.29, 1.82) is 0 Å². The van der Waals surface area contributed by atoms with Crippen LogP contribution < -0.4 is 0 Å². The van der Waals surface area contributed by atoms with Gasteiger partial charge in [-0.15, -0.1) is 0 Å². The molecular formula is C15H20N2O2. The van der Waals surface area contributed by atoms with Crippen molar-refractivity contribution in [3.05, 3.63) is 35.5 Å². The number of aromatic amines is 1. The van der Waals surface area contributed by atoms with Gasteiger partial charge in [-0.2, -0.15) is 0 Å². The van der Waals surface area contributed by atoms with E-state index >= 15 is 0 Å². The average Bonchev–Trinajstić information content (AvgIpc) is 2.79. The first kappa shape index (κ1) is 13.6. The zero-order chi connectivity index (χ0) is 13.8. The summed E-state index contributed by atoms with van der Waals surface area (Å²) in [6, 6.07) is 6.33. The van der Waals surface area contributed by atoms with Crippen LogP contribution in [-0.4, -0.2) is 34.6 Å².